The Bertz CT molecular complexity index is 2090. The van der Waals surface area contributed by atoms with Gasteiger partial charge in [0.1, 0.15) is 98.7 Å². The molecule has 0 amide bonds. The molecule has 3 fully saturated rings. The fourth-order valence-electron chi connectivity index (χ4n) is 12.1. The summed E-state index contributed by atoms with van der Waals surface area (Å²) in [6.45, 7) is 3.40. The number of hydrogen-bond donors (Lipinski definition) is 11. The molecule has 96 heavy (non-hydrogen) atoms. The van der Waals surface area contributed by atoms with Crippen LogP contribution < -0.4 is 0 Å². The molecule has 0 aromatic carbocycles. The van der Waals surface area contributed by atoms with Crippen molar-refractivity contribution in [2.24, 2.45) is 0 Å². The predicted molar refractivity (Wildman–Crippen MR) is 361 cm³/mol. The van der Waals surface area contributed by atoms with E-state index in [4.69, 9.17) is 42.2 Å². The van der Waals surface area contributed by atoms with Crippen molar-refractivity contribution in [3.63, 3.8) is 0 Å². The minimum atomic E-state index is -5.70. The van der Waals surface area contributed by atoms with Gasteiger partial charge < -0.3 is 89.1 Å². The highest BCUT2D eigenvalue weighted by Gasteiger charge is 2.58. The van der Waals surface area contributed by atoms with Gasteiger partial charge in [-0.05, 0) is 70.6 Å². The number of hydrogen-bond acceptors (Lipinski definition) is 23. The SMILES string of the molecule is CCCCCCCCC/C=C\CCCCCC(=O)OCC(COP(=O)(O)OC1C(OC2OC(CO)C(O)C(O)C2O)C(O)C(O)C(O)C1OC1OC(COC(=O)CCCCC/C=C\CCCCCCCCC)C(O)C(O)C1O)OC(=O)CCCCCCCCCCCCCCC. The van der Waals surface area contributed by atoms with Gasteiger partial charge in [0.25, 0.3) is 0 Å². The van der Waals surface area contributed by atoms with Crippen LogP contribution in [0.2, 0.25) is 0 Å². The number of allylic oxidation sites excluding steroid dienone is 4. The standard InChI is InChI=1S/C71H129O24P/c1-4-7-10-13-16-19-22-25-28-30-33-36-39-42-45-55(73)87-49-52(90-57(75)47-44-41-38-35-32-27-24-21-18-15-12-9-6-3)50-89-96(85,86)95-69-67(93-70-65(83)60(78)58(76)53(48-72)91-70)63(81)62(80)64(82)68(69)94-71-66(84)61(79)59(77)54(92-71)51-88-56(74)46-43-40-37-34-31-29-26-23-20-17-14-11-8-5-2/h28-31,52-54,58-72,76-84H,4-27,32-51H2,1-3H3,(H,85,86)/b30-28-,31-29-. The van der Waals surface area contributed by atoms with Gasteiger partial charge in [-0.15, -0.1) is 0 Å². The monoisotopic (exact) mass is 1400 g/mol. The van der Waals surface area contributed by atoms with E-state index in [1.165, 1.54) is 122 Å². The molecule has 0 spiro atoms. The molecule has 2 heterocycles. The Hall–Kier alpha value is -2.56. The molecule has 2 aliphatic heterocycles. The minimum absolute atomic E-state index is 0.00794. The molecule has 0 radical (unpaired) electrons. The Morgan fingerprint density at radius 3 is 1.14 bits per heavy atom. The first-order valence-corrected chi connectivity index (χ1v) is 38.6. The van der Waals surface area contributed by atoms with Crippen LogP contribution in [-0.2, 0) is 61.2 Å². The van der Waals surface area contributed by atoms with Gasteiger partial charge in [-0.2, -0.15) is 0 Å². The van der Waals surface area contributed by atoms with Gasteiger partial charge in [-0.3, -0.25) is 23.4 Å². The lowest BCUT2D eigenvalue weighted by Crippen LogP contribution is -2.69. The van der Waals surface area contributed by atoms with Gasteiger partial charge in [0.15, 0.2) is 18.7 Å². The zero-order chi connectivity index (χ0) is 70.4. The summed E-state index contributed by atoms with van der Waals surface area (Å²) < 4.78 is 64.9. The molecule has 1 saturated carbocycles. The maximum absolute atomic E-state index is 14.3. The van der Waals surface area contributed by atoms with E-state index in [-0.39, 0.29) is 19.3 Å². The van der Waals surface area contributed by atoms with E-state index in [0.717, 1.165) is 96.3 Å². The van der Waals surface area contributed by atoms with Crippen LogP contribution in [0.3, 0.4) is 0 Å². The van der Waals surface area contributed by atoms with Gasteiger partial charge >= 0.3 is 25.7 Å². The van der Waals surface area contributed by atoms with E-state index in [2.05, 4.69) is 45.1 Å². The van der Waals surface area contributed by atoms with Gasteiger partial charge in [-0.25, -0.2) is 4.57 Å². The normalized spacial score (nSPS) is 28.1. The van der Waals surface area contributed by atoms with E-state index in [9.17, 15) is 74.9 Å². The van der Waals surface area contributed by atoms with E-state index < -0.39 is 156 Å². The number of ether oxygens (including phenoxy) is 7. The summed E-state index contributed by atoms with van der Waals surface area (Å²) in [5.41, 5.74) is 0. The molecule has 3 rings (SSSR count). The molecule has 0 aromatic rings. The zero-order valence-electron chi connectivity index (χ0n) is 58.4. The maximum Gasteiger partial charge on any atom is 0.472 e. The summed E-state index contributed by atoms with van der Waals surface area (Å²) in [6.07, 6.45) is 12.6. The maximum atomic E-state index is 14.3. The Morgan fingerprint density at radius 2 is 0.729 bits per heavy atom. The van der Waals surface area contributed by atoms with Gasteiger partial charge in [-0.1, -0.05) is 212 Å². The van der Waals surface area contributed by atoms with Gasteiger partial charge in [0.05, 0.1) is 13.2 Å². The van der Waals surface area contributed by atoms with Crippen molar-refractivity contribution in [1.82, 2.24) is 0 Å². The molecular formula is C71H129O24P. The molecule has 11 N–H and O–H groups in total. The van der Waals surface area contributed by atoms with E-state index in [1.54, 1.807) is 0 Å². The van der Waals surface area contributed by atoms with Gasteiger partial charge in [0, 0.05) is 19.3 Å². The molecule has 24 nitrogen and oxygen atoms in total. The van der Waals surface area contributed by atoms with Crippen molar-refractivity contribution in [2.45, 2.75) is 382 Å². The van der Waals surface area contributed by atoms with Crippen LogP contribution in [0.25, 0.3) is 0 Å². The van der Waals surface area contributed by atoms with Crippen molar-refractivity contribution >= 4 is 25.7 Å². The highest BCUT2D eigenvalue weighted by Crippen LogP contribution is 2.49. The van der Waals surface area contributed by atoms with E-state index >= 15 is 0 Å². The summed E-state index contributed by atoms with van der Waals surface area (Å²) in [7, 11) is -5.70. The average Bonchev–Trinajstić information content (AvgIpc) is 0.777. The molecule has 0 bridgehead atoms. The second-order valence-corrected chi connectivity index (χ2v) is 28.1. The number of phosphoric acid groups is 1. The van der Waals surface area contributed by atoms with Crippen LogP contribution in [-0.4, -0.2) is 204 Å². The number of aliphatic hydroxyl groups is 10. The third-order valence-corrected chi connectivity index (χ3v) is 19.2. The summed E-state index contributed by atoms with van der Waals surface area (Å²) in [5, 5.41) is 110. The largest absolute Gasteiger partial charge is 0.472 e. The highest BCUT2D eigenvalue weighted by atomic mass is 31.2. The van der Waals surface area contributed by atoms with Crippen LogP contribution in [0.4, 0.5) is 0 Å². The summed E-state index contributed by atoms with van der Waals surface area (Å²) in [6, 6.07) is 0. The number of carbonyl (C=O) groups is 3. The number of esters is 3. The molecule has 2 saturated heterocycles. The first-order valence-electron chi connectivity index (χ1n) is 37.1. The average molecular weight is 1400 g/mol. The lowest BCUT2D eigenvalue weighted by molar-refractivity contribution is -0.360. The summed E-state index contributed by atoms with van der Waals surface area (Å²) >= 11 is 0. The topological polar surface area (TPSA) is 374 Å². The smallest absolute Gasteiger partial charge is 0.463 e. The molecule has 3 aliphatic rings. The zero-order valence-corrected chi connectivity index (χ0v) is 59.3. The number of rotatable bonds is 57. The van der Waals surface area contributed by atoms with Crippen LogP contribution >= 0.6 is 7.82 Å². The Balaban J connectivity index is 1.75. The molecular weight excluding hydrogens is 1270 g/mol. The van der Waals surface area contributed by atoms with Crippen molar-refractivity contribution < 1.29 is 117 Å². The van der Waals surface area contributed by atoms with Crippen molar-refractivity contribution in [3.8, 4) is 0 Å². The van der Waals surface area contributed by atoms with Crippen molar-refractivity contribution in [1.29, 1.82) is 0 Å². The molecule has 1 aliphatic carbocycles. The fraction of sp³-hybridized carbons (Fsp3) is 0.901. The van der Waals surface area contributed by atoms with Crippen molar-refractivity contribution in [2.75, 3.05) is 26.4 Å². The molecule has 25 heteroatoms. The quantitative estimate of drug-likeness (QED) is 0.00886. The number of aliphatic hydroxyl groups excluding tert-OH is 10. The van der Waals surface area contributed by atoms with Crippen molar-refractivity contribution in [3.05, 3.63) is 24.3 Å². The third-order valence-electron chi connectivity index (χ3n) is 18.2. The van der Waals surface area contributed by atoms with Gasteiger partial charge in [0.2, 0.25) is 0 Å². The predicted octanol–water partition coefficient (Wildman–Crippen LogP) is 9.74. The first kappa shape index (κ1) is 87.7. The molecule has 0 aromatic heterocycles. The van der Waals surface area contributed by atoms with E-state index in [0.29, 0.717) is 19.3 Å². The third kappa shape index (κ3) is 36.4. The summed E-state index contributed by atoms with van der Waals surface area (Å²) in [5.74, 6) is -2.02. The van der Waals surface area contributed by atoms with Crippen LogP contribution in [0.5, 0.6) is 0 Å². The molecule has 18 atom stereocenters. The Kier molecular flexibility index (Phi) is 48.7. The van der Waals surface area contributed by atoms with Crippen LogP contribution in [0.1, 0.15) is 278 Å². The fourth-order valence-corrected chi connectivity index (χ4v) is 13.1. The number of unbranched alkanes of at least 4 members (excludes halogenated alkanes) is 32. The first-order chi connectivity index (χ1) is 46.3. The second kappa shape index (κ2) is 53.3. The Labute approximate surface area is 573 Å². The van der Waals surface area contributed by atoms with Crippen LogP contribution in [0, 0.1) is 0 Å². The Morgan fingerprint density at radius 1 is 0.396 bits per heavy atom. The lowest BCUT2D eigenvalue weighted by atomic mass is 9.84. The van der Waals surface area contributed by atoms with E-state index in [1.807, 2.05) is 0 Å². The summed E-state index contributed by atoms with van der Waals surface area (Å²) in [4.78, 5) is 50.9. The number of phosphoric ester groups is 1. The number of carbonyl (C=O) groups excluding carboxylic acids is 3. The highest BCUT2D eigenvalue weighted by molar-refractivity contribution is 7.47. The molecule has 18 unspecified atom stereocenters. The minimum Gasteiger partial charge on any atom is -0.463 e. The molecule has 562 valence electrons. The second-order valence-electron chi connectivity index (χ2n) is 26.7. The lowest BCUT2D eigenvalue weighted by Gasteiger charge is -2.49. The van der Waals surface area contributed by atoms with Crippen LogP contribution in [0.15, 0.2) is 24.3 Å².